The lowest BCUT2D eigenvalue weighted by molar-refractivity contribution is -0.139. The van der Waals surface area contributed by atoms with Gasteiger partial charge in [0.25, 0.3) is 5.91 Å². The summed E-state index contributed by atoms with van der Waals surface area (Å²) in [7, 11) is 0. The van der Waals surface area contributed by atoms with Crippen LogP contribution in [-0.2, 0) is 28.1 Å². The third-order valence-electron chi connectivity index (χ3n) is 5.71. The van der Waals surface area contributed by atoms with Gasteiger partial charge in [0.2, 0.25) is 5.91 Å². The average molecular weight is 395 g/mol. The Morgan fingerprint density at radius 1 is 1.21 bits per heavy atom. The van der Waals surface area contributed by atoms with Crippen LogP contribution in [0.2, 0.25) is 0 Å². The summed E-state index contributed by atoms with van der Waals surface area (Å²) in [4.78, 5) is 41.1. The molecule has 4 rings (SSSR count). The van der Waals surface area contributed by atoms with Gasteiger partial charge in [-0.15, -0.1) is 0 Å². The van der Waals surface area contributed by atoms with E-state index in [9.17, 15) is 18.8 Å². The fraction of sp³-hybridized carbons (Fsp3) is 0.318. The van der Waals surface area contributed by atoms with Gasteiger partial charge >= 0.3 is 6.03 Å². The van der Waals surface area contributed by atoms with E-state index < -0.39 is 11.6 Å². The van der Waals surface area contributed by atoms with Gasteiger partial charge in [-0.3, -0.25) is 14.5 Å². The van der Waals surface area contributed by atoms with Crippen LogP contribution < -0.4 is 5.32 Å². The van der Waals surface area contributed by atoms with Crippen molar-refractivity contribution in [3.63, 3.8) is 0 Å². The van der Waals surface area contributed by atoms with Crippen LogP contribution in [0.4, 0.5) is 9.18 Å². The first-order valence-electron chi connectivity index (χ1n) is 9.69. The van der Waals surface area contributed by atoms with E-state index in [1.165, 1.54) is 17.0 Å². The monoisotopic (exact) mass is 395 g/mol. The molecule has 0 bridgehead atoms. The number of fused-ring (bicyclic) bond motifs is 2. The van der Waals surface area contributed by atoms with Crippen molar-refractivity contribution in [2.45, 2.75) is 31.8 Å². The minimum atomic E-state index is -1.08. The zero-order valence-corrected chi connectivity index (χ0v) is 16.2. The summed E-state index contributed by atoms with van der Waals surface area (Å²) in [6.07, 6.45) is 1.19. The average Bonchev–Trinajstić information content (AvgIpc) is 3.19. The van der Waals surface area contributed by atoms with Crippen molar-refractivity contribution < 1.29 is 18.8 Å². The van der Waals surface area contributed by atoms with E-state index in [4.69, 9.17) is 0 Å². The highest BCUT2D eigenvalue weighted by Gasteiger charge is 2.55. The molecule has 0 aromatic heterocycles. The molecule has 1 saturated heterocycles. The Kier molecular flexibility index (Phi) is 4.82. The molecule has 1 aliphatic carbocycles. The van der Waals surface area contributed by atoms with Crippen molar-refractivity contribution >= 4 is 17.8 Å². The molecule has 150 valence electrons. The topological polar surface area (TPSA) is 69.7 Å². The molecule has 4 amide bonds. The highest BCUT2D eigenvalue weighted by Crippen LogP contribution is 2.41. The lowest BCUT2D eigenvalue weighted by atomic mass is 9.92. The molecule has 0 unspecified atom stereocenters. The molecule has 1 fully saturated rings. The molecule has 7 heteroatoms. The number of hydrogen-bond donors (Lipinski definition) is 1. The minimum Gasteiger partial charge on any atom is -0.337 e. The van der Waals surface area contributed by atoms with E-state index in [0.717, 1.165) is 16.0 Å². The van der Waals surface area contributed by atoms with Gasteiger partial charge in [-0.05, 0) is 48.6 Å². The van der Waals surface area contributed by atoms with Crippen molar-refractivity contribution in [1.82, 2.24) is 15.1 Å². The molecular weight excluding hydrogens is 373 g/mol. The summed E-state index contributed by atoms with van der Waals surface area (Å²) >= 11 is 0. The molecule has 1 aliphatic heterocycles. The van der Waals surface area contributed by atoms with Crippen LogP contribution in [0.3, 0.4) is 0 Å². The zero-order valence-electron chi connectivity index (χ0n) is 16.2. The number of carbonyl (C=O) groups excluding carboxylic acids is 3. The molecule has 2 aromatic carbocycles. The van der Waals surface area contributed by atoms with Crippen LogP contribution in [0.25, 0.3) is 0 Å². The molecule has 1 heterocycles. The quantitative estimate of drug-likeness (QED) is 0.791. The van der Waals surface area contributed by atoms with Crippen LogP contribution in [0.5, 0.6) is 0 Å². The second kappa shape index (κ2) is 7.31. The molecule has 1 spiro atoms. The van der Waals surface area contributed by atoms with Gasteiger partial charge in [-0.1, -0.05) is 36.4 Å². The Balaban J connectivity index is 1.51. The number of likely N-dealkylation sites (N-methyl/N-ethyl adjacent to an activating group) is 1. The maximum atomic E-state index is 13.4. The molecule has 6 nitrogen and oxygen atoms in total. The van der Waals surface area contributed by atoms with Crippen molar-refractivity contribution in [2.75, 3.05) is 13.1 Å². The number of hydrogen-bond acceptors (Lipinski definition) is 3. The number of amides is 4. The van der Waals surface area contributed by atoms with Gasteiger partial charge in [-0.25, -0.2) is 9.18 Å². The van der Waals surface area contributed by atoms with E-state index in [1.54, 1.807) is 19.1 Å². The van der Waals surface area contributed by atoms with Crippen LogP contribution in [0.1, 0.15) is 30.0 Å². The van der Waals surface area contributed by atoms with E-state index in [-0.39, 0.29) is 30.7 Å². The number of benzene rings is 2. The molecule has 0 radical (unpaired) electrons. The van der Waals surface area contributed by atoms with Crippen molar-refractivity contribution in [2.24, 2.45) is 0 Å². The number of nitrogens with zero attached hydrogens (tertiary/aromatic N) is 2. The summed E-state index contributed by atoms with van der Waals surface area (Å²) in [6, 6.07) is 13.0. The fourth-order valence-electron chi connectivity index (χ4n) is 4.20. The van der Waals surface area contributed by atoms with Gasteiger partial charge in [-0.2, -0.15) is 0 Å². The maximum Gasteiger partial charge on any atom is 0.325 e. The predicted octanol–water partition coefficient (Wildman–Crippen LogP) is 2.57. The van der Waals surface area contributed by atoms with Crippen LogP contribution in [0, 0.1) is 5.82 Å². The summed E-state index contributed by atoms with van der Waals surface area (Å²) in [5.41, 5.74) is 1.42. The first-order chi connectivity index (χ1) is 13.9. The van der Waals surface area contributed by atoms with E-state index in [1.807, 2.05) is 24.3 Å². The molecule has 1 N–H and O–H groups in total. The van der Waals surface area contributed by atoms with Crippen molar-refractivity contribution in [3.8, 4) is 0 Å². The Labute approximate surface area is 168 Å². The Morgan fingerprint density at radius 2 is 2.00 bits per heavy atom. The number of carbonyl (C=O) groups is 3. The first-order valence-corrected chi connectivity index (χ1v) is 9.69. The molecular formula is C22H22FN3O3. The van der Waals surface area contributed by atoms with Crippen LogP contribution in [-0.4, -0.2) is 40.7 Å². The van der Waals surface area contributed by atoms with Gasteiger partial charge in [0.1, 0.15) is 17.9 Å². The molecule has 2 aliphatic rings. The molecule has 2 aromatic rings. The fourth-order valence-corrected chi connectivity index (χ4v) is 4.20. The maximum absolute atomic E-state index is 13.4. The van der Waals surface area contributed by atoms with Crippen LogP contribution >= 0.6 is 0 Å². The molecule has 0 saturated carbocycles. The van der Waals surface area contributed by atoms with E-state index in [2.05, 4.69) is 5.32 Å². The lowest BCUT2D eigenvalue weighted by Gasteiger charge is -2.25. The summed E-state index contributed by atoms with van der Waals surface area (Å²) in [5.74, 6) is -1.12. The molecule has 1 atom stereocenters. The highest BCUT2D eigenvalue weighted by molar-refractivity contribution is 6.09. The normalized spacial score (nSPS) is 20.1. The summed E-state index contributed by atoms with van der Waals surface area (Å²) in [6.45, 7) is 2.06. The number of aryl methyl sites for hydroxylation is 1. The predicted molar refractivity (Wildman–Crippen MR) is 104 cm³/mol. The first kappa shape index (κ1) is 19.1. The van der Waals surface area contributed by atoms with E-state index >= 15 is 0 Å². The zero-order chi connectivity index (χ0) is 20.6. The van der Waals surface area contributed by atoms with Crippen molar-refractivity contribution in [3.05, 3.63) is 71.0 Å². The van der Waals surface area contributed by atoms with E-state index in [0.29, 0.717) is 24.9 Å². The lowest BCUT2D eigenvalue weighted by Crippen LogP contribution is -2.44. The second-order valence-corrected chi connectivity index (χ2v) is 7.42. The summed E-state index contributed by atoms with van der Waals surface area (Å²) in [5, 5.41) is 2.82. The van der Waals surface area contributed by atoms with Crippen molar-refractivity contribution in [1.29, 1.82) is 0 Å². The number of urea groups is 1. The smallest absolute Gasteiger partial charge is 0.325 e. The van der Waals surface area contributed by atoms with Crippen LogP contribution in [0.15, 0.2) is 48.5 Å². The van der Waals surface area contributed by atoms with Gasteiger partial charge in [0.05, 0.1) is 0 Å². The Morgan fingerprint density at radius 3 is 2.76 bits per heavy atom. The third-order valence-corrected chi connectivity index (χ3v) is 5.71. The Hall–Kier alpha value is -3.22. The number of halogens is 1. The number of rotatable bonds is 5. The summed E-state index contributed by atoms with van der Waals surface area (Å²) < 4.78 is 13.4. The number of nitrogens with one attached hydrogen (secondary N) is 1. The third kappa shape index (κ3) is 3.26. The van der Waals surface area contributed by atoms with Gasteiger partial charge < -0.3 is 10.2 Å². The SMILES string of the molecule is CCN(Cc1cccc(F)c1)C(=O)CN1C(=O)N[C@@]2(CCc3ccccc32)C1=O. The highest BCUT2D eigenvalue weighted by atomic mass is 19.1. The standard InChI is InChI=1S/C22H22FN3O3/c1-2-25(13-15-6-5-8-17(23)12-15)19(27)14-26-20(28)22(24-21(26)29)11-10-16-7-3-4-9-18(16)22/h3-9,12H,2,10-11,13-14H2,1H3,(H,24,29)/t22-/m1/s1. The second-order valence-electron chi connectivity index (χ2n) is 7.42. The van der Waals surface area contributed by atoms with Gasteiger partial charge in [0.15, 0.2) is 0 Å². The molecule has 29 heavy (non-hydrogen) atoms. The minimum absolute atomic E-state index is 0.213. The van der Waals surface area contributed by atoms with Gasteiger partial charge in [0, 0.05) is 13.1 Å². The number of imide groups is 1. The Bertz CT molecular complexity index is 993. The largest absolute Gasteiger partial charge is 0.337 e.